The number of benzene rings is 2. The van der Waals surface area contributed by atoms with Gasteiger partial charge in [0.25, 0.3) is 5.91 Å². The van der Waals surface area contributed by atoms with E-state index in [0.29, 0.717) is 10.7 Å². The maximum Gasteiger partial charge on any atom is 0.341 e. The van der Waals surface area contributed by atoms with E-state index in [-0.39, 0.29) is 5.56 Å². The predicted molar refractivity (Wildman–Crippen MR) is 98.7 cm³/mol. The summed E-state index contributed by atoms with van der Waals surface area (Å²) in [4.78, 5) is 24.1. The molecule has 0 saturated heterocycles. The molecule has 0 fully saturated rings. The van der Waals surface area contributed by atoms with Crippen molar-refractivity contribution in [3.63, 3.8) is 0 Å². The van der Waals surface area contributed by atoms with Crippen LogP contribution < -0.4 is 5.32 Å². The smallest absolute Gasteiger partial charge is 0.341 e. The molecule has 0 bridgehead atoms. The molecule has 0 atom stereocenters. The van der Waals surface area contributed by atoms with Crippen LogP contribution in [0.1, 0.15) is 15.9 Å². The Morgan fingerprint density at radius 1 is 1.15 bits per heavy atom. The molecular weight excluding hydrogens is 354 g/mol. The second-order valence-electron chi connectivity index (χ2n) is 5.55. The highest BCUT2D eigenvalue weighted by Crippen LogP contribution is 2.22. The molecule has 132 valence electrons. The minimum Gasteiger partial charge on any atom is -0.452 e. The van der Waals surface area contributed by atoms with Gasteiger partial charge in [0, 0.05) is 16.9 Å². The molecule has 0 aliphatic heterocycles. The fraction of sp³-hybridized carbons (Fsp3) is 0.105. The molecule has 0 aliphatic rings. The van der Waals surface area contributed by atoms with Gasteiger partial charge in [-0.2, -0.15) is 5.10 Å². The van der Waals surface area contributed by atoms with Gasteiger partial charge in [0.05, 0.1) is 17.4 Å². The maximum absolute atomic E-state index is 12.1. The highest BCUT2D eigenvalue weighted by atomic mass is 35.5. The van der Waals surface area contributed by atoms with Crippen LogP contribution in [0, 0.1) is 6.92 Å². The molecule has 3 rings (SSSR count). The number of para-hydroxylation sites is 1. The third-order valence-electron chi connectivity index (χ3n) is 3.72. The molecular formula is C19H16ClN3O3. The fourth-order valence-electron chi connectivity index (χ4n) is 2.29. The Morgan fingerprint density at radius 3 is 2.69 bits per heavy atom. The van der Waals surface area contributed by atoms with Crippen LogP contribution >= 0.6 is 11.6 Å². The van der Waals surface area contributed by atoms with E-state index >= 15 is 0 Å². The Morgan fingerprint density at radius 2 is 1.92 bits per heavy atom. The van der Waals surface area contributed by atoms with Crippen molar-refractivity contribution in [2.24, 2.45) is 0 Å². The minimum absolute atomic E-state index is 0.264. The zero-order valence-electron chi connectivity index (χ0n) is 14.0. The number of aromatic nitrogens is 2. The summed E-state index contributed by atoms with van der Waals surface area (Å²) in [7, 11) is 0. The minimum atomic E-state index is -0.620. The molecule has 0 aliphatic carbocycles. The van der Waals surface area contributed by atoms with Gasteiger partial charge in [0.1, 0.15) is 0 Å². The molecule has 6 nitrogen and oxygen atoms in total. The van der Waals surface area contributed by atoms with Gasteiger partial charge in [-0.3, -0.25) is 4.79 Å². The molecule has 0 unspecified atom stereocenters. The van der Waals surface area contributed by atoms with Gasteiger partial charge >= 0.3 is 5.97 Å². The predicted octanol–water partition coefficient (Wildman–Crippen LogP) is 3.63. The lowest BCUT2D eigenvalue weighted by Gasteiger charge is -2.09. The van der Waals surface area contributed by atoms with Crippen molar-refractivity contribution in [2.75, 3.05) is 11.9 Å². The number of hydrogen-bond donors (Lipinski definition) is 1. The molecule has 0 spiro atoms. The van der Waals surface area contributed by atoms with Crippen molar-refractivity contribution < 1.29 is 14.3 Å². The first-order valence-electron chi connectivity index (χ1n) is 7.87. The van der Waals surface area contributed by atoms with Crippen LogP contribution in [0.5, 0.6) is 0 Å². The first-order valence-corrected chi connectivity index (χ1v) is 8.24. The monoisotopic (exact) mass is 369 g/mol. The van der Waals surface area contributed by atoms with E-state index in [4.69, 9.17) is 16.3 Å². The van der Waals surface area contributed by atoms with Gasteiger partial charge in [0.15, 0.2) is 6.61 Å². The lowest BCUT2D eigenvalue weighted by Crippen LogP contribution is -2.21. The summed E-state index contributed by atoms with van der Waals surface area (Å²) < 4.78 is 6.61. The van der Waals surface area contributed by atoms with Crippen LogP contribution in [-0.4, -0.2) is 28.3 Å². The van der Waals surface area contributed by atoms with Gasteiger partial charge in [-0.05, 0) is 36.8 Å². The van der Waals surface area contributed by atoms with E-state index in [9.17, 15) is 9.59 Å². The number of rotatable bonds is 5. The normalized spacial score (nSPS) is 10.4. The van der Waals surface area contributed by atoms with Gasteiger partial charge in [-0.15, -0.1) is 0 Å². The highest BCUT2D eigenvalue weighted by Gasteiger charge is 2.14. The summed E-state index contributed by atoms with van der Waals surface area (Å²) in [5, 5.41) is 7.34. The average molecular weight is 370 g/mol. The second-order valence-corrected chi connectivity index (χ2v) is 5.95. The van der Waals surface area contributed by atoms with E-state index < -0.39 is 18.5 Å². The van der Waals surface area contributed by atoms with Gasteiger partial charge in [0.2, 0.25) is 0 Å². The van der Waals surface area contributed by atoms with Crippen LogP contribution in [-0.2, 0) is 9.53 Å². The molecule has 0 radical (unpaired) electrons. The SMILES string of the molecule is Cc1c(Cl)cccc1NC(=O)COC(=O)c1cnn(-c2ccccc2)c1. The first kappa shape index (κ1) is 17.7. The van der Waals surface area contributed by atoms with Crippen molar-refractivity contribution >= 4 is 29.2 Å². The van der Waals surface area contributed by atoms with Crippen molar-refractivity contribution in [1.29, 1.82) is 0 Å². The van der Waals surface area contributed by atoms with Crippen LogP contribution in [0.15, 0.2) is 60.9 Å². The topological polar surface area (TPSA) is 73.2 Å². The van der Waals surface area contributed by atoms with E-state index in [2.05, 4.69) is 10.4 Å². The first-order chi connectivity index (χ1) is 12.5. The number of ether oxygens (including phenoxy) is 1. The molecule has 0 saturated carbocycles. The third-order valence-corrected chi connectivity index (χ3v) is 4.12. The zero-order chi connectivity index (χ0) is 18.5. The summed E-state index contributed by atoms with van der Waals surface area (Å²) in [6.45, 7) is 1.39. The molecule has 2 aromatic carbocycles. The van der Waals surface area contributed by atoms with E-state index in [1.807, 2.05) is 30.3 Å². The number of nitrogens with one attached hydrogen (secondary N) is 1. The van der Waals surface area contributed by atoms with E-state index in [0.717, 1.165) is 11.3 Å². The Hall–Kier alpha value is -3.12. The maximum atomic E-state index is 12.1. The fourth-order valence-corrected chi connectivity index (χ4v) is 2.47. The highest BCUT2D eigenvalue weighted by molar-refractivity contribution is 6.31. The van der Waals surface area contributed by atoms with Crippen molar-refractivity contribution in [2.45, 2.75) is 6.92 Å². The molecule has 1 amide bonds. The van der Waals surface area contributed by atoms with Crippen LogP contribution in [0.2, 0.25) is 5.02 Å². The zero-order valence-corrected chi connectivity index (χ0v) is 14.7. The standard InChI is InChI=1S/C19H16ClN3O3/c1-13-16(20)8-5-9-17(13)22-18(24)12-26-19(25)14-10-21-23(11-14)15-6-3-2-4-7-15/h2-11H,12H2,1H3,(H,22,24). The van der Waals surface area contributed by atoms with Crippen LogP contribution in [0.25, 0.3) is 5.69 Å². The van der Waals surface area contributed by atoms with Crippen LogP contribution in [0.3, 0.4) is 0 Å². The number of carbonyl (C=O) groups is 2. The third kappa shape index (κ3) is 4.10. The van der Waals surface area contributed by atoms with Gasteiger partial charge in [-0.1, -0.05) is 35.9 Å². The second kappa shape index (κ2) is 7.84. The quantitative estimate of drug-likeness (QED) is 0.697. The van der Waals surface area contributed by atoms with Crippen molar-refractivity contribution in [3.8, 4) is 5.69 Å². The number of amides is 1. The van der Waals surface area contributed by atoms with E-state index in [1.165, 1.54) is 6.20 Å². The summed E-state index contributed by atoms with van der Waals surface area (Å²) in [6, 6.07) is 14.6. The van der Waals surface area contributed by atoms with Crippen molar-refractivity contribution in [1.82, 2.24) is 9.78 Å². The Kier molecular flexibility index (Phi) is 5.34. The Labute approximate surface area is 155 Å². The molecule has 26 heavy (non-hydrogen) atoms. The Balaban J connectivity index is 1.58. The molecule has 3 aromatic rings. The molecule has 7 heteroatoms. The molecule has 1 heterocycles. The largest absolute Gasteiger partial charge is 0.452 e. The number of nitrogens with zero attached hydrogens (tertiary/aromatic N) is 2. The average Bonchev–Trinajstić information content (AvgIpc) is 3.14. The van der Waals surface area contributed by atoms with Gasteiger partial charge in [-0.25, -0.2) is 9.48 Å². The Bertz CT molecular complexity index is 938. The summed E-state index contributed by atoms with van der Waals surface area (Å²) >= 11 is 6.01. The number of hydrogen-bond acceptors (Lipinski definition) is 4. The lowest BCUT2D eigenvalue weighted by molar-refractivity contribution is -0.119. The van der Waals surface area contributed by atoms with E-state index in [1.54, 1.807) is 36.0 Å². The lowest BCUT2D eigenvalue weighted by atomic mass is 10.2. The number of halogens is 1. The summed E-state index contributed by atoms with van der Waals surface area (Å²) in [5.41, 5.74) is 2.41. The molecule has 1 aromatic heterocycles. The molecule has 1 N–H and O–H groups in total. The number of carbonyl (C=O) groups excluding carboxylic acids is 2. The number of esters is 1. The number of anilines is 1. The summed E-state index contributed by atoms with van der Waals surface area (Å²) in [5.74, 6) is -1.07. The van der Waals surface area contributed by atoms with Crippen molar-refractivity contribution in [3.05, 3.63) is 77.1 Å². The van der Waals surface area contributed by atoms with Crippen LogP contribution in [0.4, 0.5) is 5.69 Å². The van der Waals surface area contributed by atoms with Gasteiger partial charge < -0.3 is 10.1 Å². The summed E-state index contributed by atoms with van der Waals surface area (Å²) in [6.07, 6.45) is 2.95.